The Morgan fingerprint density at radius 1 is 0.892 bits per heavy atom. The molecule has 1 spiro atoms. The molecule has 8 nitrogen and oxygen atoms in total. The third-order valence-corrected chi connectivity index (χ3v) is 7.06. The highest BCUT2D eigenvalue weighted by molar-refractivity contribution is 6.24. The van der Waals surface area contributed by atoms with E-state index in [1.165, 1.54) is 4.90 Å². The Bertz CT molecular complexity index is 1810. The van der Waals surface area contributed by atoms with Crippen LogP contribution in [0.25, 0.3) is 11.0 Å². The van der Waals surface area contributed by atoms with Gasteiger partial charge in [0.25, 0.3) is 11.8 Å². The van der Waals surface area contributed by atoms with Gasteiger partial charge in [-0.2, -0.15) is 0 Å². The molecule has 0 aliphatic carbocycles. The first-order chi connectivity index (χ1) is 18.0. The highest BCUT2D eigenvalue weighted by Crippen LogP contribution is 2.54. The maximum atomic E-state index is 14.7. The van der Waals surface area contributed by atoms with Crippen molar-refractivity contribution >= 4 is 34.3 Å². The van der Waals surface area contributed by atoms with Crippen LogP contribution in [-0.4, -0.2) is 17.0 Å². The van der Waals surface area contributed by atoms with Crippen LogP contribution < -0.4 is 15.2 Å². The lowest BCUT2D eigenvalue weighted by molar-refractivity contribution is -0.121. The van der Waals surface area contributed by atoms with Gasteiger partial charge in [0.05, 0.1) is 23.2 Å². The predicted molar refractivity (Wildman–Crippen MR) is 135 cm³/mol. The first kappa shape index (κ1) is 21.3. The number of hydrogen-bond acceptors (Lipinski definition) is 6. The second kappa shape index (κ2) is 7.51. The van der Waals surface area contributed by atoms with Crippen LogP contribution in [0.3, 0.4) is 0 Å². The molecule has 0 bridgehead atoms. The van der Waals surface area contributed by atoms with Gasteiger partial charge < -0.3 is 13.8 Å². The number of hydrogen-bond donors (Lipinski definition) is 0. The van der Waals surface area contributed by atoms with E-state index in [1.54, 1.807) is 54.3 Å². The zero-order valence-corrected chi connectivity index (χ0v) is 19.7. The second-order valence-corrected chi connectivity index (χ2v) is 9.17. The fourth-order valence-corrected chi connectivity index (χ4v) is 5.54. The zero-order chi connectivity index (χ0) is 25.3. The Hall–Kier alpha value is -4.98. The predicted octanol–water partition coefficient (Wildman–Crippen LogP) is 4.54. The van der Waals surface area contributed by atoms with Crippen LogP contribution >= 0.6 is 0 Å². The molecule has 4 heterocycles. The first-order valence-corrected chi connectivity index (χ1v) is 11.8. The quantitative estimate of drug-likeness (QED) is 0.369. The summed E-state index contributed by atoms with van der Waals surface area (Å²) in [5.74, 6) is -0.655. The van der Waals surface area contributed by atoms with Gasteiger partial charge in [-0.15, -0.1) is 0 Å². The zero-order valence-electron chi connectivity index (χ0n) is 19.7. The van der Waals surface area contributed by atoms with E-state index in [9.17, 15) is 14.4 Å². The number of rotatable bonds is 3. The van der Waals surface area contributed by atoms with Gasteiger partial charge in [0.15, 0.2) is 16.8 Å². The summed E-state index contributed by atoms with van der Waals surface area (Å²) in [5, 5.41) is 4.37. The van der Waals surface area contributed by atoms with Gasteiger partial charge in [-0.05, 0) is 30.7 Å². The molecule has 0 fully saturated rings. The second-order valence-electron chi connectivity index (χ2n) is 9.17. The van der Waals surface area contributed by atoms with Gasteiger partial charge in [0, 0.05) is 11.6 Å². The molecule has 8 heteroatoms. The van der Waals surface area contributed by atoms with Crippen molar-refractivity contribution in [2.45, 2.75) is 19.0 Å². The van der Waals surface area contributed by atoms with E-state index in [4.69, 9.17) is 8.94 Å². The van der Waals surface area contributed by atoms with Crippen molar-refractivity contribution in [2.24, 2.45) is 0 Å². The summed E-state index contributed by atoms with van der Waals surface area (Å²) in [4.78, 5) is 45.6. The number of amides is 2. The molecule has 0 radical (unpaired) electrons. The average Bonchev–Trinajstić information content (AvgIpc) is 3.53. The number of carbonyl (C=O) groups is 2. The van der Waals surface area contributed by atoms with E-state index in [-0.39, 0.29) is 29.3 Å². The number of anilines is 2. The Balaban J connectivity index is 1.58. The molecule has 37 heavy (non-hydrogen) atoms. The lowest BCUT2D eigenvalue weighted by Gasteiger charge is -2.32. The monoisotopic (exact) mass is 489 g/mol. The van der Waals surface area contributed by atoms with Crippen molar-refractivity contribution in [2.75, 3.05) is 9.80 Å². The smallest absolute Gasteiger partial charge is 0.297 e. The molecular weight excluding hydrogens is 470 g/mol. The Kier molecular flexibility index (Phi) is 4.33. The normalized spacial score (nSPS) is 18.2. The van der Waals surface area contributed by atoms with Crippen molar-refractivity contribution < 1.29 is 18.5 Å². The summed E-state index contributed by atoms with van der Waals surface area (Å²) in [6.45, 7) is 1.95. The summed E-state index contributed by atoms with van der Waals surface area (Å²) in [6.07, 6.45) is 0. The maximum absolute atomic E-state index is 14.7. The molecule has 5 aromatic rings. The van der Waals surface area contributed by atoms with Crippen molar-refractivity contribution in [3.8, 4) is 0 Å². The van der Waals surface area contributed by atoms with E-state index in [0.29, 0.717) is 22.4 Å². The SMILES string of the molecule is Cc1cc(N2C(=O)c3oc4ccccc4c(=O)c3C23C(=O)N(Cc2ccccc2)c2ccccc23)no1. The lowest BCUT2D eigenvalue weighted by Crippen LogP contribution is -2.53. The van der Waals surface area contributed by atoms with Crippen molar-refractivity contribution in [3.05, 3.63) is 123 Å². The van der Waals surface area contributed by atoms with Gasteiger partial charge in [0.2, 0.25) is 5.76 Å². The third-order valence-electron chi connectivity index (χ3n) is 7.06. The van der Waals surface area contributed by atoms with Crippen LogP contribution in [-0.2, 0) is 16.9 Å². The van der Waals surface area contributed by atoms with Crippen molar-refractivity contribution in [1.82, 2.24) is 5.16 Å². The van der Waals surface area contributed by atoms with E-state index in [2.05, 4.69) is 5.16 Å². The Labute approximate surface area is 210 Å². The van der Waals surface area contributed by atoms with Crippen molar-refractivity contribution in [3.63, 3.8) is 0 Å². The standard InChI is InChI=1S/C29H19N3O5/c1-17-15-23(30-37-17)32-27(34)26-24(25(33)19-11-5-8-14-22(19)36-26)29(32)20-12-6-7-13-21(20)31(28(29)35)16-18-9-3-2-4-10-18/h2-15H,16H2,1H3. The Morgan fingerprint density at radius 2 is 1.62 bits per heavy atom. The number of benzene rings is 3. The van der Waals surface area contributed by atoms with Crippen LogP contribution in [0.1, 0.15) is 33.0 Å². The molecule has 1 unspecified atom stereocenters. The van der Waals surface area contributed by atoms with Gasteiger partial charge in [-0.3, -0.25) is 19.3 Å². The number of carbonyl (C=O) groups excluding carboxylic acids is 2. The molecule has 1 atom stereocenters. The molecule has 2 amide bonds. The summed E-state index contributed by atoms with van der Waals surface area (Å²) >= 11 is 0. The van der Waals surface area contributed by atoms with Gasteiger partial charge in [-0.25, -0.2) is 0 Å². The van der Waals surface area contributed by atoms with E-state index < -0.39 is 22.8 Å². The number of nitrogens with zero attached hydrogens (tertiary/aromatic N) is 3. The maximum Gasteiger partial charge on any atom is 0.297 e. The topological polar surface area (TPSA) is 96.9 Å². The van der Waals surface area contributed by atoms with E-state index in [0.717, 1.165) is 5.56 Å². The van der Waals surface area contributed by atoms with Crippen LogP contribution in [0, 0.1) is 6.92 Å². The summed E-state index contributed by atoms with van der Waals surface area (Å²) < 4.78 is 11.3. The largest absolute Gasteiger partial charge is 0.450 e. The minimum atomic E-state index is -1.80. The molecule has 0 saturated heterocycles. The van der Waals surface area contributed by atoms with Crippen LogP contribution in [0.2, 0.25) is 0 Å². The number of aryl methyl sites for hydroxylation is 1. The van der Waals surface area contributed by atoms with Crippen LogP contribution in [0.5, 0.6) is 0 Å². The fourth-order valence-electron chi connectivity index (χ4n) is 5.54. The van der Waals surface area contributed by atoms with Crippen molar-refractivity contribution in [1.29, 1.82) is 0 Å². The molecule has 3 aromatic carbocycles. The number of para-hydroxylation sites is 2. The highest BCUT2D eigenvalue weighted by Gasteiger charge is 2.66. The summed E-state index contributed by atoms with van der Waals surface area (Å²) in [7, 11) is 0. The Morgan fingerprint density at radius 3 is 2.41 bits per heavy atom. The minimum Gasteiger partial charge on any atom is -0.450 e. The summed E-state index contributed by atoms with van der Waals surface area (Å²) in [5.41, 5.74) is 0.0455. The molecule has 2 aliphatic rings. The molecule has 180 valence electrons. The molecular formula is C29H19N3O5. The summed E-state index contributed by atoms with van der Waals surface area (Å²) in [6, 6.07) is 25.1. The molecule has 2 aliphatic heterocycles. The van der Waals surface area contributed by atoms with E-state index >= 15 is 0 Å². The average molecular weight is 489 g/mol. The molecule has 0 N–H and O–H groups in total. The van der Waals surface area contributed by atoms with Gasteiger partial charge in [0.1, 0.15) is 11.3 Å². The molecule has 2 aromatic heterocycles. The van der Waals surface area contributed by atoms with Gasteiger partial charge >= 0.3 is 0 Å². The first-order valence-electron chi connectivity index (χ1n) is 11.8. The van der Waals surface area contributed by atoms with Crippen LogP contribution in [0.4, 0.5) is 11.5 Å². The number of fused-ring (bicyclic) bond motifs is 5. The van der Waals surface area contributed by atoms with Crippen LogP contribution in [0.15, 0.2) is 98.7 Å². The number of aromatic nitrogens is 1. The molecule has 0 saturated carbocycles. The van der Waals surface area contributed by atoms with Gasteiger partial charge in [-0.1, -0.05) is 65.8 Å². The molecule has 7 rings (SSSR count). The fraction of sp³-hybridized carbons (Fsp3) is 0.103. The minimum absolute atomic E-state index is 0.00938. The highest BCUT2D eigenvalue weighted by atomic mass is 16.5. The van der Waals surface area contributed by atoms with E-state index in [1.807, 2.05) is 42.5 Å². The third kappa shape index (κ3) is 2.72. The lowest BCUT2D eigenvalue weighted by atomic mass is 9.84.